The van der Waals surface area contributed by atoms with Crippen LogP contribution in [0, 0.1) is 44.4 Å². The summed E-state index contributed by atoms with van der Waals surface area (Å²) in [6, 6.07) is 18.9. The molecule has 15 atom stereocenters. The number of fused-ring (bicyclic) bond motifs is 2. The fourth-order valence-electron chi connectivity index (χ4n) is 11.3. The standard InChI is InChI=1S/C21H28O9S.C20H28O7S.C19H26O8S.C7H14O/c1-7-14(3)21(12-27-31(24,25)17-10-8-13(2)9-11-17)19(26-6)18(28-15(4)22)20(30-21)29-16(5)23;1-7-14(3)20(12-24-28(21,22)15-10-8-13(2)9-11-15)17(23-6)16-18(27-20)26-19(4,5)25-16;1-6-14(20)19(11-24-28(21,22)13-9-7-12(2)8-10-13)16(23-5)15-17(27-19)26-18(3,4)25-15;1-5(2)7(8)6(3)4/h7-11,14,18-20H,1,12H2,2-6H3;7-11,14,16-18H,1,12H2,2-6H3;6-10,14-17,20H,1,11H2,2-5H3;5-6H,1-4H3/t14-,18+,19-,20?,21+;14-,16+,17-,18-,20+;14-,15+,16-,17-,19+;/m000./s1. The number of aryl methyl sites for hydroxylation is 3. The van der Waals surface area contributed by atoms with Crippen LogP contribution < -0.4 is 0 Å². The number of hydrogen-bond donors (Lipinski definition) is 1. The third-order valence-electron chi connectivity index (χ3n) is 16.5. The largest absolute Gasteiger partial charge is 0.453 e. The second-order valence-electron chi connectivity index (χ2n) is 25.2. The Morgan fingerprint density at radius 1 is 0.484 bits per heavy atom. The summed E-state index contributed by atoms with van der Waals surface area (Å²) in [6.07, 6.45) is -4.47. The molecule has 5 aliphatic rings. The number of benzene rings is 3. The van der Waals surface area contributed by atoms with Crippen molar-refractivity contribution in [1.82, 2.24) is 0 Å². The minimum Gasteiger partial charge on any atom is -0.453 e. The van der Waals surface area contributed by atoms with Crippen LogP contribution in [0.15, 0.2) is 125 Å². The average Bonchev–Trinajstić information content (AvgIpc) is 1.60. The second-order valence-corrected chi connectivity index (χ2v) is 30.1. The molecule has 0 amide bonds. The predicted molar refractivity (Wildman–Crippen MR) is 345 cm³/mol. The molecule has 0 bridgehead atoms. The molecule has 5 heterocycles. The van der Waals surface area contributed by atoms with Crippen LogP contribution in [0.2, 0.25) is 0 Å². The SMILES string of the molecule is C=C[C@H](C)[C@@]1(COS(=O)(=O)c2ccc(C)cc2)OC(OC(C)=O)[C@H](OC(C)=O)[C@@H]1OC.C=C[C@H](C)[C@@]1(COS(=O)(=O)c2ccc(C)cc2)O[C@@H]2OC(C)(C)O[C@@H]2[C@@H]1OC.C=C[C@H](O)[C@@]1(COS(=O)(=O)c2ccc(C)cc2)O[C@@H]2OC(C)(C)O[C@@H]2[C@@H]1OC.CC(C)C(=O)C(C)C. The third kappa shape index (κ3) is 19.2. The van der Waals surface area contributed by atoms with Crippen LogP contribution in [0.25, 0.3) is 0 Å². The number of carbonyl (C=O) groups excluding carboxylic acids is 3. The molecular formula is C67H96O25S3. The van der Waals surface area contributed by atoms with E-state index in [9.17, 15) is 44.7 Å². The van der Waals surface area contributed by atoms with Gasteiger partial charge in [-0.15, -0.1) is 19.7 Å². The number of ether oxygens (including phenoxy) is 12. The molecule has 3 aromatic rings. The van der Waals surface area contributed by atoms with Crippen LogP contribution in [0.3, 0.4) is 0 Å². The first-order chi connectivity index (χ1) is 44.1. The molecule has 5 saturated heterocycles. The Labute approximate surface area is 560 Å². The second kappa shape index (κ2) is 32.6. The van der Waals surface area contributed by atoms with Gasteiger partial charge in [0.15, 0.2) is 35.9 Å². The Bertz CT molecular complexity index is 3300. The molecule has 0 aliphatic carbocycles. The monoisotopic (exact) mass is 1400 g/mol. The number of methoxy groups -OCH3 is 3. The topological polar surface area (TPSA) is 312 Å². The summed E-state index contributed by atoms with van der Waals surface area (Å²) in [6.45, 7) is 36.2. The van der Waals surface area contributed by atoms with Crippen molar-refractivity contribution in [1.29, 1.82) is 0 Å². The Hall–Kier alpha value is -5.22. The number of carbonyl (C=O) groups is 3. The van der Waals surface area contributed by atoms with Gasteiger partial charge in [-0.25, -0.2) is 0 Å². The zero-order valence-corrected chi connectivity index (χ0v) is 59.9. The molecular weight excluding hydrogens is 1300 g/mol. The molecule has 0 spiro atoms. The summed E-state index contributed by atoms with van der Waals surface area (Å²) in [5.41, 5.74) is -1.41. The van der Waals surface area contributed by atoms with Gasteiger partial charge in [-0.05, 0) is 84.9 Å². The van der Waals surface area contributed by atoms with E-state index in [0.717, 1.165) is 16.7 Å². The normalized spacial score (nSPS) is 29.0. The molecule has 0 saturated carbocycles. The average molecular weight is 1400 g/mol. The molecule has 0 aromatic heterocycles. The van der Waals surface area contributed by atoms with E-state index in [0.29, 0.717) is 5.78 Å². The van der Waals surface area contributed by atoms with Gasteiger partial charge in [0.2, 0.25) is 6.29 Å². The van der Waals surface area contributed by atoms with Crippen molar-refractivity contribution in [2.24, 2.45) is 23.7 Å². The molecule has 8 rings (SSSR count). The maximum Gasteiger partial charge on any atom is 0.305 e. The number of Topliss-reactive ketones (excluding diaryl/α,β-unsaturated/α-hetero) is 1. The Balaban J connectivity index is 0.000000244. The third-order valence-corrected chi connectivity index (χ3v) is 20.3. The summed E-state index contributed by atoms with van der Waals surface area (Å²) in [5.74, 6) is -3.10. The number of hydrogen-bond acceptors (Lipinski definition) is 25. The van der Waals surface area contributed by atoms with Crippen molar-refractivity contribution in [3.8, 4) is 0 Å². The summed E-state index contributed by atoms with van der Waals surface area (Å²) in [4.78, 5) is 34.1. The van der Waals surface area contributed by atoms with Crippen LogP contribution in [0.4, 0.5) is 0 Å². The number of rotatable bonds is 25. The van der Waals surface area contributed by atoms with E-state index < -0.39 is 151 Å². The molecule has 532 valence electrons. The zero-order valence-electron chi connectivity index (χ0n) is 57.5. The first kappa shape index (κ1) is 80.5. The number of aliphatic hydroxyl groups is 1. The summed E-state index contributed by atoms with van der Waals surface area (Å²) >= 11 is 0. The molecule has 5 aliphatic heterocycles. The van der Waals surface area contributed by atoms with E-state index >= 15 is 0 Å². The summed E-state index contributed by atoms with van der Waals surface area (Å²) in [5, 5.41) is 10.6. The molecule has 28 heteroatoms. The minimum atomic E-state index is -4.14. The Morgan fingerprint density at radius 3 is 1.09 bits per heavy atom. The van der Waals surface area contributed by atoms with Crippen molar-refractivity contribution >= 4 is 48.1 Å². The summed E-state index contributed by atoms with van der Waals surface area (Å²) < 4.78 is 161. The fourth-order valence-corrected chi connectivity index (χ4v) is 14.2. The molecule has 0 radical (unpaired) electrons. The van der Waals surface area contributed by atoms with Crippen LogP contribution in [-0.4, -0.2) is 179 Å². The summed E-state index contributed by atoms with van der Waals surface area (Å²) in [7, 11) is -7.90. The lowest BCUT2D eigenvalue weighted by Gasteiger charge is -2.38. The van der Waals surface area contributed by atoms with E-state index in [4.69, 9.17) is 69.4 Å². The van der Waals surface area contributed by atoms with Gasteiger partial charge in [-0.3, -0.25) is 26.9 Å². The first-order valence-electron chi connectivity index (χ1n) is 30.8. The van der Waals surface area contributed by atoms with Crippen molar-refractivity contribution in [2.75, 3.05) is 41.2 Å². The highest BCUT2D eigenvalue weighted by molar-refractivity contribution is 7.87. The van der Waals surface area contributed by atoms with E-state index in [1.54, 1.807) is 77.1 Å². The van der Waals surface area contributed by atoms with E-state index in [-0.39, 0.29) is 39.0 Å². The zero-order chi connectivity index (χ0) is 71.6. The Kier molecular flexibility index (Phi) is 27.6. The Morgan fingerprint density at radius 2 is 0.800 bits per heavy atom. The highest BCUT2D eigenvalue weighted by Crippen LogP contribution is 2.49. The number of aliphatic hydroxyl groups excluding tert-OH is 1. The highest BCUT2D eigenvalue weighted by Gasteiger charge is 2.67. The van der Waals surface area contributed by atoms with Gasteiger partial charge in [0.25, 0.3) is 30.4 Å². The van der Waals surface area contributed by atoms with Crippen molar-refractivity contribution in [3.05, 3.63) is 127 Å². The van der Waals surface area contributed by atoms with E-state index in [1.165, 1.54) is 83.7 Å². The minimum absolute atomic E-state index is 0.00198. The lowest BCUT2D eigenvalue weighted by molar-refractivity contribution is -0.261. The van der Waals surface area contributed by atoms with Crippen molar-refractivity contribution in [3.63, 3.8) is 0 Å². The lowest BCUT2D eigenvalue weighted by atomic mass is 9.83. The van der Waals surface area contributed by atoms with Gasteiger partial charge in [0.05, 0.1) is 27.9 Å². The van der Waals surface area contributed by atoms with E-state index in [2.05, 4.69) is 19.7 Å². The van der Waals surface area contributed by atoms with Gasteiger partial charge < -0.3 is 61.9 Å². The fraction of sp³-hybridized carbons (Fsp3) is 0.597. The van der Waals surface area contributed by atoms with E-state index in [1.807, 2.05) is 55.4 Å². The molecule has 1 unspecified atom stereocenters. The highest BCUT2D eigenvalue weighted by atomic mass is 32.2. The maximum absolute atomic E-state index is 12.8. The maximum atomic E-state index is 12.8. The van der Waals surface area contributed by atoms with Gasteiger partial charge >= 0.3 is 11.9 Å². The molecule has 3 aromatic carbocycles. The lowest BCUT2D eigenvalue weighted by Crippen LogP contribution is -2.57. The van der Waals surface area contributed by atoms with Gasteiger partial charge in [0.1, 0.15) is 60.2 Å². The number of ketones is 1. The molecule has 25 nitrogen and oxygen atoms in total. The van der Waals surface area contributed by atoms with Crippen LogP contribution >= 0.6 is 0 Å². The van der Waals surface area contributed by atoms with Gasteiger partial charge in [0, 0.05) is 58.8 Å². The van der Waals surface area contributed by atoms with Crippen molar-refractivity contribution in [2.45, 2.75) is 209 Å². The van der Waals surface area contributed by atoms with Crippen LogP contribution in [0.5, 0.6) is 0 Å². The first-order valence-corrected chi connectivity index (χ1v) is 35.0. The van der Waals surface area contributed by atoms with Gasteiger partial charge in [-0.1, -0.05) is 113 Å². The number of esters is 2. The molecule has 5 fully saturated rings. The van der Waals surface area contributed by atoms with Crippen LogP contribution in [-0.2, 0) is 114 Å². The smallest absolute Gasteiger partial charge is 0.305 e. The quantitative estimate of drug-likeness (QED) is 0.0473. The predicted octanol–water partition coefficient (Wildman–Crippen LogP) is 8.29. The molecule has 1 N–H and O–H groups in total. The van der Waals surface area contributed by atoms with Crippen LogP contribution in [0.1, 0.15) is 99.8 Å². The van der Waals surface area contributed by atoms with Gasteiger partial charge in [-0.2, -0.15) is 25.3 Å². The van der Waals surface area contributed by atoms with Crippen molar-refractivity contribution < 1.29 is 114 Å². The molecule has 95 heavy (non-hydrogen) atoms.